The molecule has 7 heteroatoms. The van der Waals surface area contributed by atoms with Crippen LogP contribution in [0, 0.1) is 13.8 Å². The van der Waals surface area contributed by atoms with E-state index in [9.17, 15) is 4.79 Å². The number of pyridine rings is 1. The fraction of sp³-hybridized carbons (Fsp3) is 0.273. The monoisotopic (exact) mass is 386 g/mol. The van der Waals surface area contributed by atoms with E-state index < -0.39 is 0 Å². The first kappa shape index (κ1) is 17.6. The van der Waals surface area contributed by atoms with Crippen molar-refractivity contribution < 1.29 is 4.79 Å². The van der Waals surface area contributed by atoms with Crippen molar-refractivity contribution in [2.24, 2.45) is 0 Å². The van der Waals surface area contributed by atoms with Gasteiger partial charge in [-0.1, -0.05) is 24.3 Å². The summed E-state index contributed by atoms with van der Waals surface area (Å²) >= 11 is 0. The lowest BCUT2D eigenvalue weighted by atomic mass is 9.94. The summed E-state index contributed by atoms with van der Waals surface area (Å²) in [5.74, 6) is 1.23. The van der Waals surface area contributed by atoms with Crippen LogP contribution in [0.4, 0.5) is 0 Å². The number of carbonyl (C=O) groups is 1. The summed E-state index contributed by atoms with van der Waals surface area (Å²) in [5.41, 5.74) is 5.22. The van der Waals surface area contributed by atoms with Crippen molar-refractivity contribution in [2.75, 3.05) is 6.54 Å². The number of carbonyl (C=O) groups excluding carboxylic acids is 1. The highest BCUT2D eigenvalue weighted by molar-refractivity contribution is 5.86. The maximum atomic E-state index is 13.3. The zero-order chi connectivity index (χ0) is 20.0. The molecule has 0 fully saturated rings. The molecule has 0 saturated heterocycles. The van der Waals surface area contributed by atoms with Crippen molar-refractivity contribution in [3.05, 3.63) is 76.8 Å². The second-order valence-electron chi connectivity index (χ2n) is 7.52. The Morgan fingerprint density at radius 2 is 2.00 bits per heavy atom. The second kappa shape index (κ2) is 6.84. The van der Waals surface area contributed by atoms with Crippen molar-refractivity contribution >= 4 is 16.8 Å². The van der Waals surface area contributed by atoms with Crippen LogP contribution in [0.1, 0.15) is 40.3 Å². The molecule has 1 aliphatic rings. The van der Waals surface area contributed by atoms with Crippen molar-refractivity contribution in [1.29, 1.82) is 0 Å². The van der Waals surface area contributed by atoms with Crippen molar-refractivity contribution in [3.8, 4) is 0 Å². The van der Waals surface area contributed by atoms with E-state index in [2.05, 4.69) is 38.4 Å². The third-order valence-corrected chi connectivity index (χ3v) is 5.50. The molecule has 1 atom stereocenters. The lowest BCUT2D eigenvalue weighted by Crippen LogP contribution is -2.42. The molecule has 0 bridgehead atoms. The molecule has 4 heterocycles. The highest BCUT2D eigenvalue weighted by atomic mass is 16.2. The highest BCUT2D eigenvalue weighted by Gasteiger charge is 2.35. The van der Waals surface area contributed by atoms with Crippen LogP contribution in [-0.2, 0) is 17.6 Å². The number of rotatable bonds is 3. The molecule has 4 aromatic rings. The minimum atomic E-state index is -0.251. The van der Waals surface area contributed by atoms with Crippen LogP contribution < -0.4 is 0 Å². The average molecular weight is 386 g/mol. The number of nitrogens with zero attached hydrogens (tertiary/aromatic N) is 4. The summed E-state index contributed by atoms with van der Waals surface area (Å²) < 4.78 is 0. The summed E-state index contributed by atoms with van der Waals surface area (Å²) in [6.45, 7) is 4.44. The first-order valence-electron chi connectivity index (χ1n) is 9.80. The van der Waals surface area contributed by atoms with Gasteiger partial charge in [-0.15, -0.1) is 0 Å². The van der Waals surface area contributed by atoms with Gasteiger partial charge in [0.2, 0.25) is 5.91 Å². The molecule has 0 unspecified atom stereocenters. The fourth-order valence-electron chi connectivity index (χ4n) is 4.24. The molecule has 2 N–H and O–H groups in total. The third-order valence-electron chi connectivity index (χ3n) is 5.50. The number of nitrogens with one attached hydrogen (secondary N) is 2. The zero-order valence-corrected chi connectivity index (χ0v) is 16.4. The van der Waals surface area contributed by atoms with E-state index in [0.29, 0.717) is 18.2 Å². The van der Waals surface area contributed by atoms with Gasteiger partial charge in [0.1, 0.15) is 11.9 Å². The molecule has 1 aliphatic heterocycles. The number of para-hydroxylation sites is 1. The van der Waals surface area contributed by atoms with Crippen LogP contribution in [0.25, 0.3) is 10.9 Å². The van der Waals surface area contributed by atoms with Crippen LogP contribution in [0.3, 0.4) is 0 Å². The number of aromatic amines is 2. The Kier molecular flexibility index (Phi) is 4.16. The number of aryl methyl sites for hydroxylation is 2. The first-order valence-corrected chi connectivity index (χ1v) is 9.80. The van der Waals surface area contributed by atoms with Gasteiger partial charge < -0.3 is 9.88 Å². The minimum Gasteiger partial charge on any atom is -0.356 e. The molecular formula is C22H22N6O. The second-order valence-corrected chi connectivity index (χ2v) is 7.52. The van der Waals surface area contributed by atoms with Gasteiger partial charge in [-0.2, -0.15) is 5.10 Å². The molecule has 1 amide bonds. The molecule has 0 aliphatic carbocycles. The summed E-state index contributed by atoms with van der Waals surface area (Å²) in [6, 6.07) is 14.0. The number of aromatic nitrogens is 5. The van der Waals surface area contributed by atoms with Crippen molar-refractivity contribution in [1.82, 2.24) is 30.0 Å². The van der Waals surface area contributed by atoms with Gasteiger partial charge in [0.05, 0.1) is 12.1 Å². The van der Waals surface area contributed by atoms with Crippen molar-refractivity contribution in [3.63, 3.8) is 0 Å². The minimum absolute atomic E-state index is 0.00149. The smallest absolute Gasteiger partial charge is 0.231 e. The normalized spacial score (nSPS) is 16.2. The fourth-order valence-corrected chi connectivity index (χ4v) is 4.24. The van der Waals surface area contributed by atoms with Crippen LogP contribution in [0.2, 0.25) is 0 Å². The lowest BCUT2D eigenvalue weighted by Gasteiger charge is -2.35. The van der Waals surface area contributed by atoms with Crippen LogP contribution in [0.15, 0.2) is 42.5 Å². The van der Waals surface area contributed by atoms with Crippen LogP contribution >= 0.6 is 0 Å². The lowest BCUT2D eigenvalue weighted by molar-refractivity contribution is -0.132. The summed E-state index contributed by atoms with van der Waals surface area (Å²) in [6.07, 6.45) is 0.975. The quantitative estimate of drug-likeness (QED) is 0.566. The van der Waals surface area contributed by atoms with E-state index in [-0.39, 0.29) is 18.4 Å². The predicted octanol–water partition coefficient (Wildman–Crippen LogP) is 3.01. The standard InChI is InChI=1S/C22H22N6O/c1-13-6-5-9-18(23-13)22-21-16(15-7-3-4-8-17(15)25-21)10-11-28(22)20(29)12-19-24-14(2)26-27-19/h3-9,22,25H,10-12H2,1-2H3,(H,24,26,27)/t22-/m0/s1. The Morgan fingerprint density at radius 1 is 1.14 bits per heavy atom. The van der Waals surface area contributed by atoms with Gasteiger partial charge in [-0.25, -0.2) is 4.98 Å². The Balaban J connectivity index is 1.60. The largest absolute Gasteiger partial charge is 0.356 e. The maximum Gasteiger partial charge on any atom is 0.231 e. The van der Waals surface area contributed by atoms with E-state index >= 15 is 0 Å². The number of fused-ring (bicyclic) bond motifs is 3. The molecule has 146 valence electrons. The Labute approximate surface area is 168 Å². The van der Waals surface area contributed by atoms with E-state index in [0.717, 1.165) is 29.0 Å². The highest BCUT2D eigenvalue weighted by Crippen LogP contribution is 2.38. The Morgan fingerprint density at radius 3 is 2.79 bits per heavy atom. The molecule has 0 spiro atoms. The molecule has 3 aromatic heterocycles. The number of amides is 1. The molecule has 1 aromatic carbocycles. The van der Waals surface area contributed by atoms with Crippen LogP contribution in [0.5, 0.6) is 0 Å². The topological polar surface area (TPSA) is 90.6 Å². The Hall–Kier alpha value is -3.48. The summed E-state index contributed by atoms with van der Waals surface area (Å²) in [4.78, 5) is 27.8. The number of benzene rings is 1. The van der Waals surface area contributed by atoms with Crippen LogP contribution in [-0.4, -0.2) is 42.5 Å². The van der Waals surface area contributed by atoms with E-state index in [1.165, 1.54) is 10.9 Å². The Bertz CT molecular complexity index is 1210. The van der Waals surface area contributed by atoms with Gasteiger partial charge in [-0.05, 0) is 44.0 Å². The molecule has 0 saturated carbocycles. The molecule has 29 heavy (non-hydrogen) atoms. The predicted molar refractivity (Wildman–Crippen MR) is 109 cm³/mol. The average Bonchev–Trinajstić information content (AvgIpc) is 3.30. The summed E-state index contributed by atoms with van der Waals surface area (Å²) in [7, 11) is 0. The number of H-pyrrole nitrogens is 2. The number of hydrogen-bond acceptors (Lipinski definition) is 4. The van der Waals surface area contributed by atoms with E-state index in [1.54, 1.807) is 0 Å². The zero-order valence-electron chi connectivity index (χ0n) is 16.4. The SMILES string of the molecule is Cc1cccc([C@H]2c3[nH]c4ccccc4c3CCN2C(=O)Cc2n[nH]c(C)n2)n1. The summed E-state index contributed by atoms with van der Waals surface area (Å²) in [5, 5.41) is 8.16. The van der Waals surface area contributed by atoms with Gasteiger partial charge >= 0.3 is 0 Å². The van der Waals surface area contributed by atoms with Gasteiger partial charge in [0.15, 0.2) is 5.82 Å². The van der Waals surface area contributed by atoms with Gasteiger partial charge in [0, 0.05) is 28.8 Å². The third kappa shape index (κ3) is 3.08. The molecule has 7 nitrogen and oxygen atoms in total. The first-order chi connectivity index (χ1) is 14.1. The van der Waals surface area contributed by atoms with Gasteiger partial charge in [-0.3, -0.25) is 14.9 Å². The van der Waals surface area contributed by atoms with E-state index in [4.69, 9.17) is 4.98 Å². The van der Waals surface area contributed by atoms with Gasteiger partial charge in [0.25, 0.3) is 0 Å². The number of hydrogen-bond donors (Lipinski definition) is 2. The molecular weight excluding hydrogens is 364 g/mol. The van der Waals surface area contributed by atoms with Crippen molar-refractivity contribution in [2.45, 2.75) is 32.7 Å². The molecule has 5 rings (SSSR count). The maximum absolute atomic E-state index is 13.3. The molecule has 0 radical (unpaired) electrons. The van der Waals surface area contributed by atoms with E-state index in [1.807, 2.05) is 43.0 Å².